The van der Waals surface area contributed by atoms with Gasteiger partial charge in [-0.05, 0) is 56.0 Å². The summed E-state index contributed by atoms with van der Waals surface area (Å²) in [6, 6.07) is 6.41. The number of halogens is 3. The third kappa shape index (κ3) is 5.38. The van der Waals surface area contributed by atoms with Crippen molar-refractivity contribution in [1.29, 1.82) is 0 Å². The average molecular weight is 533 g/mol. The lowest BCUT2D eigenvalue weighted by Gasteiger charge is -2.38. The van der Waals surface area contributed by atoms with E-state index in [1.165, 1.54) is 22.3 Å². The lowest BCUT2D eigenvalue weighted by Crippen LogP contribution is -2.52. The fourth-order valence-electron chi connectivity index (χ4n) is 5.20. The SMILES string of the molecule is Cc1c(C)c2c(c(C)c1N)CC(C)(CN1CCN(Cc3ccc4c(c3)OOC4)CC1)O2.Cl.Cl.Cl. The van der Waals surface area contributed by atoms with E-state index < -0.39 is 0 Å². The van der Waals surface area contributed by atoms with Gasteiger partial charge in [-0.2, -0.15) is 4.89 Å². The van der Waals surface area contributed by atoms with E-state index in [9.17, 15) is 0 Å². The number of nitrogens with two attached hydrogens (primary N) is 1. The van der Waals surface area contributed by atoms with Crippen molar-refractivity contribution >= 4 is 42.9 Å². The minimum atomic E-state index is -0.197. The number of hydrogen-bond donors (Lipinski definition) is 1. The van der Waals surface area contributed by atoms with Gasteiger partial charge in [0.2, 0.25) is 0 Å². The largest absolute Gasteiger partial charge is 0.485 e. The third-order valence-corrected chi connectivity index (χ3v) is 7.26. The molecule has 0 spiro atoms. The van der Waals surface area contributed by atoms with E-state index in [1.807, 2.05) is 0 Å². The fraction of sp³-hybridized carbons (Fsp3) is 0.520. The number of anilines is 1. The highest BCUT2D eigenvalue weighted by molar-refractivity contribution is 5.86. The van der Waals surface area contributed by atoms with Crippen LogP contribution in [0.25, 0.3) is 0 Å². The quantitative estimate of drug-likeness (QED) is 0.451. The second-order valence-corrected chi connectivity index (χ2v) is 9.66. The molecule has 1 atom stereocenters. The molecular formula is C25H36Cl3N3O3. The highest BCUT2D eigenvalue weighted by Gasteiger charge is 2.39. The molecular weight excluding hydrogens is 497 g/mol. The molecule has 6 nitrogen and oxygen atoms in total. The Balaban J connectivity index is 0.00000136. The van der Waals surface area contributed by atoms with Gasteiger partial charge >= 0.3 is 0 Å². The van der Waals surface area contributed by atoms with Gasteiger partial charge in [0.15, 0.2) is 5.75 Å². The van der Waals surface area contributed by atoms with Gasteiger partial charge in [-0.25, -0.2) is 0 Å². The van der Waals surface area contributed by atoms with Gasteiger partial charge in [0.05, 0.1) is 0 Å². The smallest absolute Gasteiger partial charge is 0.171 e. The predicted molar refractivity (Wildman–Crippen MR) is 143 cm³/mol. The Hall–Kier alpha value is -1.41. The molecule has 0 radical (unpaired) electrons. The first-order chi connectivity index (χ1) is 14.8. The van der Waals surface area contributed by atoms with E-state index in [0.29, 0.717) is 6.61 Å². The molecule has 1 saturated heterocycles. The van der Waals surface area contributed by atoms with Crippen LogP contribution in [-0.2, 0) is 24.5 Å². The summed E-state index contributed by atoms with van der Waals surface area (Å²) in [7, 11) is 0. The van der Waals surface area contributed by atoms with Crippen molar-refractivity contribution in [3.8, 4) is 11.5 Å². The minimum Gasteiger partial charge on any atom is -0.485 e. The molecule has 3 heterocycles. The van der Waals surface area contributed by atoms with Gasteiger partial charge in [0, 0.05) is 62.5 Å². The lowest BCUT2D eigenvalue weighted by molar-refractivity contribution is -0.194. The first-order valence-electron chi connectivity index (χ1n) is 11.3. The molecule has 2 aromatic carbocycles. The monoisotopic (exact) mass is 531 g/mol. The Bertz CT molecular complexity index is 989. The minimum absolute atomic E-state index is 0. The van der Waals surface area contributed by atoms with Crippen LogP contribution in [0.1, 0.15) is 40.3 Å². The molecule has 0 bridgehead atoms. The zero-order valence-corrected chi connectivity index (χ0v) is 22.8. The summed E-state index contributed by atoms with van der Waals surface area (Å²) in [6.45, 7) is 15.3. The molecule has 0 aromatic heterocycles. The van der Waals surface area contributed by atoms with Crippen LogP contribution in [-0.4, -0.2) is 48.1 Å². The first kappa shape index (κ1) is 28.8. The molecule has 2 N–H and O–H groups in total. The zero-order chi connectivity index (χ0) is 21.8. The number of ether oxygens (including phenoxy) is 1. The normalized spacial score (nSPS) is 21.3. The Morgan fingerprint density at radius 1 is 0.941 bits per heavy atom. The number of hydrogen-bond acceptors (Lipinski definition) is 6. The molecule has 3 aliphatic rings. The average Bonchev–Trinajstić information content (AvgIpc) is 3.36. The number of piperazine rings is 1. The summed E-state index contributed by atoms with van der Waals surface area (Å²) >= 11 is 0. The van der Waals surface area contributed by atoms with Crippen molar-refractivity contribution in [1.82, 2.24) is 9.80 Å². The molecule has 9 heteroatoms. The Kier molecular flexibility index (Phi) is 9.42. The maximum Gasteiger partial charge on any atom is 0.171 e. The van der Waals surface area contributed by atoms with Gasteiger partial charge in [-0.3, -0.25) is 9.80 Å². The second kappa shape index (κ2) is 11.1. The zero-order valence-electron chi connectivity index (χ0n) is 20.3. The van der Waals surface area contributed by atoms with Crippen molar-refractivity contribution in [3.63, 3.8) is 0 Å². The molecule has 34 heavy (non-hydrogen) atoms. The Labute approximate surface area is 221 Å². The molecule has 0 aliphatic carbocycles. The molecule has 3 aliphatic heterocycles. The van der Waals surface area contributed by atoms with Gasteiger partial charge in [-0.1, -0.05) is 12.1 Å². The maximum atomic E-state index is 6.57. The Morgan fingerprint density at radius 3 is 2.32 bits per heavy atom. The van der Waals surface area contributed by atoms with Crippen molar-refractivity contribution in [2.45, 2.75) is 52.9 Å². The summed E-state index contributed by atoms with van der Waals surface area (Å²) in [5.41, 5.74) is 14.3. The number of nitrogen functional groups attached to an aromatic ring is 1. The van der Waals surface area contributed by atoms with Crippen LogP contribution in [0.3, 0.4) is 0 Å². The van der Waals surface area contributed by atoms with Crippen LogP contribution >= 0.6 is 37.2 Å². The predicted octanol–water partition coefficient (Wildman–Crippen LogP) is 4.79. The number of benzene rings is 2. The summed E-state index contributed by atoms with van der Waals surface area (Å²) in [6.07, 6.45) is 0.927. The van der Waals surface area contributed by atoms with Crippen molar-refractivity contribution < 1.29 is 14.5 Å². The molecule has 0 amide bonds. The summed E-state index contributed by atoms with van der Waals surface area (Å²) in [5.74, 6) is 1.93. The van der Waals surface area contributed by atoms with Crippen LogP contribution in [0, 0.1) is 20.8 Å². The number of nitrogens with zero attached hydrogens (tertiary/aromatic N) is 2. The van der Waals surface area contributed by atoms with Gasteiger partial charge in [0.1, 0.15) is 18.0 Å². The number of rotatable bonds is 4. The summed E-state index contributed by atoms with van der Waals surface area (Å²) < 4.78 is 6.57. The van der Waals surface area contributed by atoms with E-state index in [4.69, 9.17) is 20.2 Å². The number of fused-ring (bicyclic) bond motifs is 2. The van der Waals surface area contributed by atoms with Crippen molar-refractivity contribution in [2.24, 2.45) is 0 Å². The summed E-state index contributed by atoms with van der Waals surface area (Å²) in [5, 5.41) is 0. The molecule has 1 unspecified atom stereocenters. The van der Waals surface area contributed by atoms with E-state index in [2.05, 4.69) is 55.7 Å². The standard InChI is InChI=1S/C25H33N3O3.3ClH/c1-16-17(2)24-21(18(3)23(16)26)12-25(4,30-24)15-28-9-7-27(8-10-28)13-19-5-6-20-14-29-31-22(20)11-19;;;/h5-6,11H,7-10,12-15,26H2,1-4H3;3*1H. The molecule has 0 saturated carbocycles. The van der Waals surface area contributed by atoms with E-state index in [1.54, 1.807) is 0 Å². The van der Waals surface area contributed by atoms with Crippen LogP contribution in [0.15, 0.2) is 18.2 Å². The topological polar surface area (TPSA) is 60.2 Å². The van der Waals surface area contributed by atoms with Gasteiger partial charge in [-0.15, -0.1) is 37.2 Å². The maximum absolute atomic E-state index is 6.57. The fourth-order valence-corrected chi connectivity index (χ4v) is 5.20. The van der Waals surface area contributed by atoms with E-state index in [0.717, 1.165) is 74.0 Å². The lowest BCUT2D eigenvalue weighted by atomic mass is 9.91. The molecule has 5 rings (SSSR count). The van der Waals surface area contributed by atoms with Crippen molar-refractivity contribution in [3.05, 3.63) is 51.6 Å². The highest BCUT2D eigenvalue weighted by Crippen LogP contribution is 2.44. The molecule has 1 fully saturated rings. The highest BCUT2D eigenvalue weighted by atomic mass is 35.5. The third-order valence-electron chi connectivity index (χ3n) is 7.26. The van der Waals surface area contributed by atoms with E-state index in [-0.39, 0.29) is 42.8 Å². The van der Waals surface area contributed by atoms with Crippen LogP contribution in [0.5, 0.6) is 11.5 Å². The molecule has 190 valence electrons. The Morgan fingerprint density at radius 2 is 1.62 bits per heavy atom. The van der Waals surface area contributed by atoms with Crippen LogP contribution in [0.2, 0.25) is 0 Å². The molecule has 2 aromatic rings. The summed E-state index contributed by atoms with van der Waals surface area (Å²) in [4.78, 5) is 15.4. The van der Waals surface area contributed by atoms with Gasteiger partial charge < -0.3 is 15.4 Å². The first-order valence-corrected chi connectivity index (χ1v) is 11.3. The van der Waals surface area contributed by atoms with Gasteiger partial charge in [0.25, 0.3) is 0 Å². The van der Waals surface area contributed by atoms with Crippen LogP contribution < -0.4 is 15.4 Å². The second-order valence-electron chi connectivity index (χ2n) is 9.66. The van der Waals surface area contributed by atoms with E-state index >= 15 is 0 Å². The van der Waals surface area contributed by atoms with Crippen LogP contribution in [0.4, 0.5) is 5.69 Å². The van der Waals surface area contributed by atoms with Crippen molar-refractivity contribution in [2.75, 3.05) is 38.5 Å².